The molecular formula is C23H20F2N2O5S. The second-order valence-electron chi connectivity index (χ2n) is 7.11. The second-order valence-corrected chi connectivity index (χ2v) is 8.76. The minimum Gasteiger partial charge on any atom is -0.449 e. The van der Waals surface area contributed by atoms with Crippen LogP contribution in [0, 0.1) is 18.6 Å². The van der Waals surface area contributed by atoms with Crippen molar-refractivity contribution in [2.24, 2.45) is 0 Å². The summed E-state index contributed by atoms with van der Waals surface area (Å²) in [5.41, 5.74) is 0.320. The van der Waals surface area contributed by atoms with Crippen LogP contribution in [-0.2, 0) is 19.6 Å². The maximum atomic E-state index is 13.7. The first kappa shape index (κ1) is 23.9. The molecule has 0 radical (unpaired) electrons. The highest BCUT2D eigenvalue weighted by Crippen LogP contribution is 2.22. The van der Waals surface area contributed by atoms with Crippen molar-refractivity contribution in [1.82, 2.24) is 0 Å². The second kappa shape index (κ2) is 9.78. The van der Waals surface area contributed by atoms with Crippen molar-refractivity contribution < 1.29 is 31.5 Å². The average molecular weight is 474 g/mol. The molecule has 33 heavy (non-hydrogen) atoms. The minimum absolute atomic E-state index is 0.0685. The van der Waals surface area contributed by atoms with E-state index in [9.17, 15) is 26.8 Å². The number of halogens is 2. The van der Waals surface area contributed by atoms with Gasteiger partial charge in [0.2, 0.25) is 0 Å². The molecule has 0 saturated carbocycles. The van der Waals surface area contributed by atoms with Gasteiger partial charge >= 0.3 is 5.97 Å². The van der Waals surface area contributed by atoms with Crippen molar-refractivity contribution in [1.29, 1.82) is 0 Å². The zero-order valence-corrected chi connectivity index (χ0v) is 18.5. The summed E-state index contributed by atoms with van der Waals surface area (Å²) < 4.78 is 59.8. The van der Waals surface area contributed by atoms with E-state index in [1.54, 1.807) is 6.92 Å². The molecule has 0 fully saturated rings. The summed E-state index contributed by atoms with van der Waals surface area (Å²) in [7, 11) is -4.10. The fraction of sp³-hybridized carbons (Fsp3) is 0.130. The topological polar surface area (TPSA) is 102 Å². The number of ether oxygens (including phenoxy) is 1. The number of hydrogen-bond donors (Lipinski definition) is 2. The van der Waals surface area contributed by atoms with Crippen LogP contribution in [0.4, 0.5) is 20.2 Å². The number of nitrogens with one attached hydrogen (secondary N) is 2. The van der Waals surface area contributed by atoms with Crippen LogP contribution in [0.1, 0.15) is 22.8 Å². The molecule has 0 aliphatic carbocycles. The molecule has 0 aliphatic rings. The van der Waals surface area contributed by atoms with Gasteiger partial charge in [-0.2, -0.15) is 0 Å². The number of aryl methyl sites for hydroxylation is 1. The van der Waals surface area contributed by atoms with E-state index in [1.807, 2.05) is 0 Å². The van der Waals surface area contributed by atoms with E-state index < -0.39 is 39.6 Å². The van der Waals surface area contributed by atoms with Crippen LogP contribution in [0.25, 0.3) is 0 Å². The lowest BCUT2D eigenvalue weighted by atomic mass is 10.1. The molecule has 3 rings (SSSR count). The van der Waals surface area contributed by atoms with Crippen LogP contribution in [0.2, 0.25) is 0 Å². The highest BCUT2D eigenvalue weighted by atomic mass is 32.2. The van der Waals surface area contributed by atoms with Gasteiger partial charge < -0.3 is 10.1 Å². The Balaban J connectivity index is 1.75. The molecule has 7 nitrogen and oxygen atoms in total. The Hall–Kier alpha value is -3.79. The van der Waals surface area contributed by atoms with Crippen molar-refractivity contribution in [3.63, 3.8) is 0 Å². The molecule has 3 aromatic carbocycles. The lowest BCUT2D eigenvalue weighted by Crippen LogP contribution is -2.30. The molecule has 0 heterocycles. The molecule has 1 amide bonds. The smallest absolute Gasteiger partial charge is 0.338 e. The number of esters is 1. The number of carbonyl (C=O) groups is 2. The maximum absolute atomic E-state index is 13.7. The molecule has 0 spiro atoms. The van der Waals surface area contributed by atoms with Crippen molar-refractivity contribution in [2.45, 2.75) is 24.8 Å². The van der Waals surface area contributed by atoms with Gasteiger partial charge in [0.1, 0.15) is 11.6 Å². The fourth-order valence-electron chi connectivity index (χ4n) is 2.82. The first-order chi connectivity index (χ1) is 15.6. The van der Waals surface area contributed by atoms with Gasteiger partial charge in [-0.3, -0.25) is 9.52 Å². The number of sulfonamides is 1. The first-order valence-electron chi connectivity index (χ1n) is 9.72. The summed E-state index contributed by atoms with van der Waals surface area (Å²) in [6, 6.07) is 14.1. The van der Waals surface area contributed by atoms with Gasteiger partial charge in [-0.1, -0.05) is 18.2 Å². The van der Waals surface area contributed by atoms with E-state index in [0.29, 0.717) is 5.56 Å². The third-order valence-electron chi connectivity index (χ3n) is 4.59. The fourth-order valence-corrected chi connectivity index (χ4v) is 4.15. The number of carbonyl (C=O) groups excluding carboxylic acids is 2. The van der Waals surface area contributed by atoms with Gasteiger partial charge in [-0.25, -0.2) is 22.0 Å². The predicted octanol–water partition coefficient (Wildman–Crippen LogP) is 4.26. The molecule has 0 aliphatic heterocycles. The molecule has 10 heteroatoms. The van der Waals surface area contributed by atoms with Crippen LogP contribution >= 0.6 is 0 Å². The van der Waals surface area contributed by atoms with Crippen LogP contribution in [0.5, 0.6) is 0 Å². The Morgan fingerprint density at radius 2 is 1.64 bits per heavy atom. The van der Waals surface area contributed by atoms with Crippen LogP contribution < -0.4 is 10.0 Å². The third kappa shape index (κ3) is 5.92. The first-order valence-corrected chi connectivity index (χ1v) is 11.2. The van der Waals surface area contributed by atoms with Crippen LogP contribution in [0.15, 0.2) is 71.6 Å². The van der Waals surface area contributed by atoms with Gasteiger partial charge in [-0.05, 0) is 67.9 Å². The summed E-state index contributed by atoms with van der Waals surface area (Å²) >= 11 is 0. The van der Waals surface area contributed by atoms with Gasteiger partial charge in [-0.15, -0.1) is 0 Å². The van der Waals surface area contributed by atoms with Crippen molar-refractivity contribution in [3.05, 3.63) is 89.5 Å². The standard InChI is InChI=1S/C23H20F2N2O5S/c1-14-7-8-16(13-21(14)33(30,31)27-18-11-9-17(24)10-12-18)23(29)32-15(2)22(28)26-20-6-4-3-5-19(20)25/h3-13,15,27H,1-2H3,(H,26,28). The SMILES string of the molecule is Cc1ccc(C(=O)OC(C)C(=O)Nc2ccccc2F)cc1S(=O)(=O)Nc1ccc(F)cc1. The normalized spacial score (nSPS) is 12.0. The molecule has 172 valence electrons. The Labute approximate surface area is 189 Å². The summed E-state index contributed by atoms with van der Waals surface area (Å²) in [6.07, 6.45) is -1.28. The quantitative estimate of drug-likeness (QED) is 0.499. The minimum atomic E-state index is -4.10. The number of benzene rings is 3. The zero-order valence-electron chi connectivity index (χ0n) is 17.6. The van der Waals surface area contributed by atoms with Gasteiger partial charge in [0.15, 0.2) is 6.10 Å². The lowest BCUT2D eigenvalue weighted by Gasteiger charge is -2.15. The molecule has 1 unspecified atom stereocenters. The van der Waals surface area contributed by atoms with Crippen LogP contribution in [0.3, 0.4) is 0 Å². The summed E-state index contributed by atoms with van der Waals surface area (Å²) in [5, 5.41) is 2.32. The number of rotatable bonds is 7. The lowest BCUT2D eigenvalue weighted by molar-refractivity contribution is -0.123. The molecule has 2 N–H and O–H groups in total. The van der Waals surface area contributed by atoms with E-state index in [2.05, 4.69) is 10.0 Å². The zero-order chi connectivity index (χ0) is 24.2. The highest BCUT2D eigenvalue weighted by Gasteiger charge is 2.23. The molecule has 3 aromatic rings. The number of anilines is 2. The van der Waals surface area contributed by atoms with E-state index in [-0.39, 0.29) is 21.8 Å². The third-order valence-corrected chi connectivity index (χ3v) is 6.12. The maximum Gasteiger partial charge on any atom is 0.338 e. The summed E-state index contributed by atoms with van der Waals surface area (Å²) in [4.78, 5) is 24.6. The number of para-hydroxylation sites is 1. The molecule has 0 saturated heterocycles. The predicted molar refractivity (Wildman–Crippen MR) is 118 cm³/mol. The molecule has 0 bridgehead atoms. The Kier molecular flexibility index (Phi) is 7.07. The van der Waals surface area contributed by atoms with Crippen molar-refractivity contribution in [2.75, 3.05) is 10.0 Å². The number of amides is 1. The van der Waals surface area contributed by atoms with Crippen molar-refractivity contribution in [3.8, 4) is 0 Å². The van der Waals surface area contributed by atoms with Crippen molar-refractivity contribution >= 4 is 33.3 Å². The van der Waals surface area contributed by atoms with Gasteiger partial charge in [0, 0.05) is 5.69 Å². The molecule has 0 aromatic heterocycles. The summed E-state index contributed by atoms with van der Waals surface area (Å²) in [6.45, 7) is 2.84. The molecular weight excluding hydrogens is 454 g/mol. The van der Waals surface area contributed by atoms with E-state index in [0.717, 1.165) is 18.2 Å². The van der Waals surface area contributed by atoms with E-state index in [1.165, 1.54) is 55.5 Å². The molecule has 1 atom stereocenters. The average Bonchev–Trinajstić information content (AvgIpc) is 2.76. The Morgan fingerprint density at radius 1 is 0.970 bits per heavy atom. The number of hydrogen-bond acceptors (Lipinski definition) is 5. The Bertz CT molecular complexity index is 1290. The van der Waals surface area contributed by atoms with E-state index >= 15 is 0 Å². The van der Waals surface area contributed by atoms with Gasteiger partial charge in [0.05, 0.1) is 16.1 Å². The highest BCUT2D eigenvalue weighted by molar-refractivity contribution is 7.92. The van der Waals surface area contributed by atoms with Crippen LogP contribution in [-0.4, -0.2) is 26.4 Å². The monoisotopic (exact) mass is 474 g/mol. The largest absolute Gasteiger partial charge is 0.449 e. The summed E-state index contributed by atoms with van der Waals surface area (Å²) in [5.74, 6) is -2.87. The van der Waals surface area contributed by atoms with Gasteiger partial charge in [0.25, 0.3) is 15.9 Å². The van der Waals surface area contributed by atoms with E-state index in [4.69, 9.17) is 4.74 Å². The Morgan fingerprint density at radius 3 is 2.30 bits per heavy atom.